The van der Waals surface area contributed by atoms with E-state index in [1.165, 1.54) is 0 Å². The first-order valence-electron chi connectivity index (χ1n) is 9.78. The lowest BCUT2D eigenvalue weighted by atomic mass is 9.88. The van der Waals surface area contributed by atoms with Crippen LogP contribution in [-0.2, 0) is 14.3 Å². The number of ether oxygens (including phenoxy) is 3. The van der Waals surface area contributed by atoms with E-state index in [4.69, 9.17) is 14.2 Å². The molecule has 0 spiro atoms. The zero-order valence-electron chi connectivity index (χ0n) is 16.2. The maximum atomic E-state index is 12.7. The highest BCUT2D eigenvalue weighted by atomic mass is 16.5. The molecule has 148 valence electrons. The first kappa shape index (κ1) is 19.8. The molecule has 2 saturated heterocycles. The van der Waals surface area contributed by atoms with Crippen molar-refractivity contribution < 1.29 is 23.8 Å². The Kier molecular flexibility index (Phi) is 6.85. The van der Waals surface area contributed by atoms with Crippen molar-refractivity contribution in [2.45, 2.75) is 44.8 Å². The predicted molar refractivity (Wildman–Crippen MR) is 101 cm³/mol. The van der Waals surface area contributed by atoms with E-state index in [-0.39, 0.29) is 23.7 Å². The first-order chi connectivity index (χ1) is 13.1. The van der Waals surface area contributed by atoms with Gasteiger partial charge in [-0.1, -0.05) is 0 Å². The van der Waals surface area contributed by atoms with Crippen molar-refractivity contribution in [3.8, 4) is 5.75 Å². The van der Waals surface area contributed by atoms with Crippen molar-refractivity contribution in [3.05, 3.63) is 29.8 Å². The van der Waals surface area contributed by atoms with E-state index in [0.29, 0.717) is 38.1 Å². The molecule has 2 atom stereocenters. The van der Waals surface area contributed by atoms with Crippen LogP contribution in [0, 0.1) is 5.92 Å². The quantitative estimate of drug-likeness (QED) is 0.686. The number of hydrogen-bond donors (Lipinski definition) is 0. The van der Waals surface area contributed by atoms with Crippen LogP contribution in [-0.4, -0.2) is 62.2 Å². The molecule has 6 heteroatoms. The molecule has 27 heavy (non-hydrogen) atoms. The van der Waals surface area contributed by atoms with Gasteiger partial charge in [-0.15, -0.1) is 0 Å². The molecule has 1 aromatic rings. The topological polar surface area (TPSA) is 65.1 Å². The summed E-state index contributed by atoms with van der Waals surface area (Å²) in [5.41, 5.74) is 0.703. The fraction of sp³-hybridized carbons (Fsp3) is 0.619. The number of benzene rings is 1. The van der Waals surface area contributed by atoms with E-state index in [9.17, 15) is 9.59 Å². The number of piperidine rings is 1. The van der Waals surface area contributed by atoms with E-state index in [2.05, 4.69) is 0 Å². The average Bonchev–Trinajstić information content (AvgIpc) is 3.25. The van der Waals surface area contributed by atoms with Crippen molar-refractivity contribution in [2.24, 2.45) is 5.92 Å². The number of likely N-dealkylation sites (tertiary alicyclic amines) is 1. The molecule has 2 unspecified atom stereocenters. The summed E-state index contributed by atoms with van der Waals surface area (Å²) in [6, 6.07) is 7.22. The van der Waals surface area contributed by atoms with Crippen LogP contribution in [0.15, 0.2) is 24.3 Å². The van der Waals surface area contributed by atoms with Gasteiger partial charge in [-0.2, -0.15) is 0 Å². The Morgan fingerprint density at radius 2 is 1.89 bits per heavy atom. The van der Waals surface area contributed by atoms with E-state index in [1.54, 1.807) is 38.3 Å². The van der Waals surface area contributed by atoms with Crippen LogP contribution >= 0.6 is 0 Å². The molecule has 0 radical (unpaired) electrons. The van der Waals surface area contributed by atoms with Crippen molar-refractivity contribution in [2.75, 3.05) is 33.4 Å². The van der Waals surface area contributed by atoms with Crippen molar-refractivity contribution >= 4 is 11.7 Å². The third-order valence-electron chi connectivity index (χ3n) is 5.46. The molecule has 0 bridgehead atoms. The average molecular weight is 375 g/mol. The fourth-order valence-corrected chi connectivity index (χ4v) is 3.71. The lowest BCUT2D eigenvalue weighted by Gasteiger charge is -2.33. The monoisotopic (exact) mass is 375 g/mol. The number of carbonyl (C=O) groups excluding carboxylic acids is 2. The molecule has 2 heterocycles. The van der Waals surface area contributed by atoms with Crippen LogP contribution < -0.4 is 4.74 Å². The summed E-state index contributed by atoms with van der Waals surface area (Å²) in [7, 11) is 1.61. The minimum Gasteiger partial charge on any atom is -0.497 e. The van der Waals surface area contributed by atoms with Gasteiger partial charge in [0, 0.05) is 31.2 Å². The van der Waals surface area contributed by atoms with Gasteiger partial charge in [0.25, 0.3) is 5.91 Å². The van der Waals surface area contributed by atoms with E-state index in [0.717, 1.165) is 25.2 Å². The lowest BCUT2D eigenvalue weighted by molar-refractivity contribution is -0.145. The standard InChI is InChI=1S/C21H29NO5/c1-15(27-14-19-4-3-13-26-19)21(24)22-11-9-17(10-12-22)20(23)16-5-7-18(25-2)8-6-16/h5-8,15,17,19H,3-4,9-14H2,1-2H3. The zero-order chi connectivity index (χ0) is 19.2. The fourth-order valence-electron chi connectivity index (χ4n) is 3.71. The van der Waals surface area contributed by atoms with Crippen LogP contribution in [0.2, 0.25) is 0 Å². The Morgan fingerprint density at radius 3 is 2.48 bits per heavy atom. The van der Waals surface area contributed by atoms with Gasteiger partial charge >= 0.3 is 0 Å². The van der Waals surface area contributed by atoms with Gasteiger partial charge < -0.3 is 19.1 Å². The molecule has 0 N–H and O–H groups in total. The molecule has 0 aliphatic carbocycles. The number of Topliss-reactive ketones (excluding diaryl/α,β-unsaturated/α-hetero) is 1. The lowest BCUT2D eigenvalue weighted by Crippen LogP contribution is -2.45. The molecule has 2 aliphatic heterocycles. The van der Waals surface area contributed by atoms with E-state index < -0.39 is 6.10 Å². The van der Waals surface area contributed by atoms with Gasteiger partial charge in [0.05, 0.1) is 19.8 Å². The number of nitrogens with zero attached hydrogens (tertiary/aromatic N) is 1. The summed E-state index contributed by atoms with van der Waals surface area (Å²) in [5.74, 6) is 0.852. The summed E-state index contributed by atoms with van der Waals surface area (Å²) >= 11 is 0. The summed E-state index contributed by atoms with van der Waals surface area (Å²) in [5, 5.41) is 0. The van der Waals surface area contributed by atoms with Gasteiger partial charge in [-0.05, 0) is 56.9 Å². The number of carbonyl (C=O) groups is 2. The van der Waals surface area contributed by atoms with Gasteiger partial charge in [0.15, 0.2) is 5.78 Å². The van der Waals surface area contributed by atoms with E-state index >= 15 is 0 Å². The zero-order valence-corrected chi connectivity index (χ0v) is 16.2. The molecule has 2 fully saturated rings. The summed E-state index contributed by atoms with van der Waals surface area (Å²) in [4.78, 5) is 27.1. The SMILES string of the molecule is COc1ccc(C(=O)C2CCN(C(=O)C(C)OCC3CCCO3)CC2)cc1. The van der Waals surface area contributed by atoms with Crippen LogP contribution in [0.5, 0.6) is 5.75 Å². The number of rotatable bonds is 7. The van der Waals surface area contributed by atoms with Gasteiger partial charge in [-0.3, -0.25) is 9.59 Å². The summed E-state index contributed by atoms with van der Waals surface area (Å²) in [6.07, 6.45) is 3.09. The molecule has 1 amide bonds. The highest BCUT2D eigenvalue weighted by Crippen LogP contribution is 2.24. The molecule has 2 aliphatic rings. The van der Waals surface area contributed by atoms with Crippen molar-refractivity contribution in [1.82, 2.24) is 4.90 Å². The highest BCUT2D eigenvalue weighted by Gasteiger charge is 2.30. The Bertz CT molecular complexity index is 630. The largest absolute Gasteiger partial charge is 0.497 e. The second-order valence-electron chi connectivity index (χ2n) is 7.30. The van der Waals surface area contributed by atoms with Crippen molar-refractivity contribution in [1.29, 1.82) is 0 Å². The highest BCUT2D eigenvalue weighted by molar-refractivity contribution is 5.98. The molecule has 6 nitrogen and oxygen atoms in total. The van der Waals surface area contributed by atoms with E-state index in [1.807, 2.05) is 4.90 Å². The Hall–Kier alpha value is -1.92. The summed E-state index contributed by atoms with van der Waals surface area (Å²) in [6.45, 7) is 4.25. The van der Waals surface area contributed by atoms with Crippen LogP contribution in [0.4, 0.5) is 0 Å². The Balaban J connectivity index is 1.45. The minimum atomic E-state index is -0.469. The number of amides is 1. The number of ketones is 1. The smallest absolute Gasteiger partial charge is 0.251 e. The third-order valence-corrected chi connectivity index (χ3v) is 5.46. The van der Waals surface area contributed by atoms with Gasteiger partial charge in [0.2, 0.25) is 0 Å². The second kappa shape index (κ2) is 9.33. The first-order valence-corrected chi connectivity index (χ1v) is 9.78. The van der Waals surface area contributed by atoms with Gasteiger partial charge in [-0.25, -0.2) is 0 Å². The number of hydrogen-bond acceptors (Lipinski definition) is 5. The normalized spacial score (nSPS) is 21.9. The molecule has 0 saturated carbocycles. The second-order valence-corrected chi connectivity index (χ2v) is 7.30. The Morgan fingerprint density at radius 1 is 1.19 bits per heavy atom. The predicted octanol–water partition coefficient (Wildman–Crippen LogP) is 2.70. The van der Waals surface area contributed by atoms with Crippen LogP contribution in [0.1, 0.15) is 43.0 Å². The van der Waals surface area contributed by atoms with Crippen molar-refractivity contribution in [3.63, 3.8) is 0 Å². The maximum absolute atomic E-state index is 12.7. The molecule has 0 aromatic heterocycles. The van der Waals surface area contributed by atoms with Crippen LogP contribution in [0.3, 0.4) is 0 Å². The maximum Gasteiger partial charge on any atom is 0.251 e. The molecular weight excluding hydrogens is 346 g/mol. The van der Waals surface area contributed by atoms with Crippen LogP contribution in [0.25, 0.3) is 0 Å². The molecule has 3 rings (SSSR count). The Labute approximate surface area is 160 Å². The third kappa shape index (κ3) is 5.08. The number of methoxy groups -OCH3 is 1. The van der Waals surface area contributed by atoms with Gasteiger partial charge in [0.1, 0.15) is 11.9 Å². The minimum absolute atomic E-state index is 0.00310. The molecular formula is C21H29NO5. The molecule has 1 aromatic carbocycles. The summed E-state index contributed by atoms with van der Waals surface area (Å²) < 4.78 is 16.4.